The second-order valence-electron chi connectivity index (χ2n) is 8.25. The third-order valence-corrected chi connectivity index (χ3v) is 7.55. The maximum absolute atomic E-state index is 12.8. The minimum Gasteiger partial charge on any atom is -0.486 e. The number of benzene rings is 1. The standard InChI is InChI=1S/C21H25N3O5S/c25-21-10-8-18(14-1-2-14)22-24(21)16-5-3-15(4-6-16)23-30(26,27)17-7-9-19-20(13-17)29-12-11-28-19/h7-10,13-16,23H,1-6,11-12H2. The van der Waals surface area contributed by atoms with Gasteiger partial charge in [0.1, 0.15) is 13.2 Å². The number of ether oxygens (including phenoxy) is 2. The monoisotopic (exact) mass is 431 g/mol. The highest BCUT2D eigenvalue weighted by atomic mass is 32.2. The predicted molar refractivity (Wildman–Crippen MR) is 110 cm³/mol. The van der Waals surface area contributed by atoms with Crippen LogP contribution in [-0.4, -0.2) is 37.5 Å². The van der Waals surface area contributed by atoms with Crippen LogP contribution in [0.3, 0.4) is 0 Å². The molecule has 9 heteroatoms. The molecule has 2 fully saturated rings. The normalized spacial score (nSPS) is 23.9. The van der Waals surface area contributed by atoms with E-state index in [2.05, 4.69) is 9.82 Å². The van der Waals surface area contributed by atoms with Crippen LogP contribution in [0.4, 0.5) is 0 Å². The summed E-state index contributed by atoms with van der Waals surface area (Å²) in [6.45, 7) is 0.866. The van der Waals surface area contributed by atoms with E-state index in [1.807, 2.05) is 6.07 Å². The van der Waals surface area contributed by atoms with Gasteiger partial charge < -0.3 is 9.47 Å². The summed E-state index contributed by atoms with van der Waals surface area (Å²) in [6.07, 6.45) is 5.04. The zero-order chi connectivity index (χ0) is 20.7. The van der Waals surface area contributed by atoms with Gasteiger partial charge in [-0.3, -0.25) is 4.79 Å². The number of aromatic nitrogens is 2. The zero-order valence-corrected chi connectivity index (χ0v) is 17.4. The van der Waals surface area contributed by atoms with E-state index in [4.69, 9.17) is 9.47 Å². The van der Waals surface area contributed by atoms with Crippen molar-refractivity contribution in [2.45, 2.75) is 61.4 Å². The molecule has 5 rings (SSSR count). The number of hydrogen-bond acceptors (Lipinski definition) is 6. The van der Waals surface area contributed by atoms with Crippen molar-refractivity contribution in [3.8, 4) is 11.5 Å². The summed E-state index contributed by atoms with van der Waals surface area (Å²) in [7, 11) is -3.66. The number of sulfonamides is 1. The molecule has 1 aliphatic heterocycles. The van der Waals surface area contributed by atoms with Gasteiger partial charge in [0.05, 0.1) is 16.6 Å². The Hall–Kier alpha value is -2.39. The minimum atomic E-state index is -3.66. The van der Waals surface area contributed by atoms with E-state index in [9.17, 15) is 13.2 Å². The largest absolute Gasteiger partial charge is 0.486 e. The van der Waals surface area contributed by atoms with Gasteiger partial charge in [-0.15, -0.1) is 0 Å². The SMILES string of the molecule is O=c1ccc(C2CC2)nn1C1CCC(NS(=O)(=O)c2ccc3c(c2)OCCO3)CC1. The summed E-state index contributed by atoms with van der Waals surface area (Å²) in [5.41, 5.74) is 0.913. The third kappa shape index (κ3) is 3.96. The Morgan fingerprint density at radius 2 is 1.67 bits per heavy atom. The van der Waals surface area contributed by atoms with Gasteiger partial charge in [0, 0.05) is 24.1 Å². The number of fused-ring (bicyclic) bond motifs is 1. The zero-order valence-electron chi connectivity index (χ0n) is 16.6. The van der Waals surface area contributed by atoms with E-state index in [-0.39, 0.29) is 22.5 Å². The second-order valence-corrected chi connectivity index (χ2v) is 9.96. The van der Waals surface area contributed by atoms with E-state index in [0.717, 1.165) is 31.4 Å². The van der Waals surface area contributed by atoms with E-state index in [0.29, 0.717) is 43.5 Å². The molecule has 0 spiro atoms. The van der Waals surface area contributed by atoms with E-state index in [1.165, 1.54) is 12.1 Å². The Morgan fingerprint density at radius 1 is 0.933 bits per heavy atom. The fourth-order valence-corrected chi connectivity index (χ4v) is 5.54. The number of nitrogens with one attached hydrogen (secondary N) is 1. The average Bonchev–Trinajstić information content (AvgIpc) is 3.60. The smallest absolute Gasteiger partial charge is 0.267 e. The van der Waals surface area contributed by atoms with Gasteiger partial charge in [0.15, 0.2) is 11.5 Å². The molecule has 2 aliphatic carbocycles. The Kier molecular flexibility index (Phi) is 5.02. The lowest BCUT2D eigenvalue weighted by atomic mass is 9.92. The minimum absolute atomic E-state index is 0.0197. The van der Waals surface area contributed by atoms with Gasteiger partial charge in [0.2, 0.25) is 10.0 Å². The first-order valence-electron chi connectivity index (χ1n) is 10.5. The molecule has 0 unspecified atom stereocenters. The molecule has 0 amide bonds. The molecular formula is C21H25N3O5S. The molecule has 8 nitrogen and oxygen atoms in total. The molecule has 1 aromatic carbocycles. The van der Waals surface area contributed by atoms with Crippen LogP contribution in [0.15, 0.2) is 40.0 Å². The van der Waals surface area contributed by atoms with Gasteiger partial charge in [0.25, 0.3) is 5.56 Å². The quantitative estimate of drug-likeness (QED) is 0.780. The predicted octanol–water partition coefficient (Wildman–Crippen LogP) is 2.35. The average molecular weight is 432 g/mol. The fraction of sp³-hybridized carbons (Fsp3) is 0.524. The molecule has 0 bridgehead atoms. The summed E-state index contributed by atoms with van der Waals surface area (Å²) in [5, 5.41) is 4.59. The first-order chi connectivity index (χ1) is 14.5. The van der Waals surface area contributed by atoms with Crippen LogP contribution >= 0.6 is 0 Å². The second kappa shape index (κ2) is 7.70. The maximum atomic E-state index is 12.8. The summed E-state index contributed by atoms with van der Waals surface area (Å²) in [5.74, 6) is 1.51. The van der Waals surface area contributed by atoms with Crippen molar-refractivity contribution < 1.29 is 17.9 Å². The summed E-state index contributed by atoms with van der Waals surface area (Å²) in [4.78, 5) is 12.5. The number of hydrogen-bond donors (Lipinski definition) is 1. The fourth-order valence-electron chi connectivity index (χ4n) is 4.22. The highest BCUT2D eigenvalue weighted by Crippen LogP contribution is 2.39. The molecule has 30 heavy (non-hydrogen) atoms. The van der Waals surface area contributed by atoms with Gasteiger partial charge in [-0.2, -0.15) is 5.10 Å². The third-order valence-electron chi connectivity index (χ3n) is 6.03. The molecule has 2 heterocycles. The van der Waals surface area contributed by atoms with Crippen molar-refractivity contribution in [2.24, 2.45) is 0 Å². The molecule has 0 radical (unpaired) electrons. The summed E-state index contributed by atoms with van der Waals surface area (Å²) in [6, 6.07) is 7.98. The van der Waals surface area contributed by atoms with Gasteiger partial charge in [-0.1, -0.05) is 0 Å². The Bertz CT molecular complexity index is 1100. The van der Waals surface area contributed by atoms with Crippen LogP contribution < -0.4 is 19.8 Å². The van der Waals surface area contributed by atoms with Crippen LogP contribution in [0.2, 0.25) is 0 Å². The first kappa shape index (κ1) is 19.6. The van der Waals surface area contributed by atoms with Gasteiger partial charge in [-0.05, 0) is 56.7 Å². The molecule has 0 atom stereocenters. The van der Waals surface area contributed by atoms with Crippen molar-refractivity contribution in [3.05, 3.63) is 46.4 Å². The van der Waals surface area contributed by atoms with Crippen LogP contribution in [0.1, 0.15) is 56.2 Å². The van der Waals surface area contributed by atoms with Crippen LogP contribution in [-0.2, 0) is 10.0 Å². The van der Waals surface area contributed by atoms with Crippen molar-refractivity contribution in [3.63, 3.8) is 0 Å². The molecule has 0 saturated heterocycles. The molecule has 2 saturated carbocycles. The summed E-state index contributed by atoms with van der Waals surface area (Å²) < 4.78 is 41.1. The number of rotatable bonds is 5. The highest BCUT2D eigenvalue weighted by molar-refractivity contribution is 7.89. The molecule has 1 aromatic heterocycles. The maximum Gasteiger partial charge on any atom is 0.267 e. The lowest BCUT2D eigenvalue weighted by molar-refractivity contribution is 0.171. The van der Waals surface area contributed by atoms with Gasteiger partial charge in [-0.25, -0.2) is 17.8 Å². The Morgan fingerprint density at radius 3 is 2.40 bits per heavy atom. The first-order valence-corrected chi connectivity index (χ1v) is 12.0. The van der Waals surface area contributed by atoms with Crippen molar-refractivity contribution >= 4 is 10.0 Å². The van der Waals surface area contributed by atoms with E-state index in [1.54, 1.807) is 16.8 Å². The van der Waals surface area contributed by atoms with Crippen molar-refractivity contribution in [1.82, 2.24) is 14.5 Å². The lowest BCUT2D eigenvalue weighted by Crippen LogP contribution is -2.39. The van der Waals surface area contributed by atoms with E-state index >= 15 is 0 Å². The van der Waals surface area contributed by atoms with Crippen LogP contribution in [0, 0.1) is 0 Å². The van der Waals surface area contributed by atoms with Crippen LogP contribution in [0.25, 0.3) is 0 Å². The van der Waals surface area contributed by atoms with Crippen LogP contribution in [0.5, 0.6) is 11.5 Å². The highest BCUT2D eigenvalue weighted by Gasteiger charge is 2.30. The van der Waals surface area contributed by atoms with Crippen molar-refractivity contribution in [1.29, 1.82) is 0 Å². The lowest BCUT2D eigenvalue weighted by Gasteiger charge is -2.29. The summed E-state index contributed by atoms with van der Waals surface area (Å²) >= 11 is 0. The molecule has 160 valence electrons. The topological polar surface area (TPSA) is 99.5 Å². The van der Waals surface area contributed by atoms with Crippen molar-refractivity contribution in [2.75, 3.05) is 13.2 Å². The number of nitrogens with zero attached hydrogens (tertiary/aromatic N) is 2. The molecule has 2 aromatic rings. The Labute approximate surface area is 175 Å². The molecule has 1 N–H and O–H groups in total. The Balaban J connectivity index is 1.25. The van der Waals surface area contributed by atoms with Gasteiger partial charge >= 0.3 is 0 Å². The molecule has 3 aliphatic rings. The van der Waals surface area contributed by atoms with E-state index < -0.39 is 10.0 Å². The molecular weight excluding hydrogens is 406 g/mol.